The molecule has 0 radical (unpaired) electrons. The van der Waals surface area contributed by atoms with E-state index in [1.807, 2.05) is 30.3 Å². The van der Waals surface area contributed by atoms with E-state index in [0.29, 0.717) is 31.3 Å². The average Bonchev–Trinajstić information content (AvgIpc) is 3.14. The SMILES string of the molecule is CCNCc1cccc(NC(=O)C2CC(=O)N(c3ccc4c(c3)OCCO4)C2)c1. The molecule has 1 fully saturated rings. The summed E-state index contributed by atoms with van der Waals surface area (Å²) in [5.41, 5.74) is 2.57. The number of benzene rings is 2. The molecule has 0 bridgehead atoms. The first-order valence-electron chi connectivity index (χ1n) is 9.94. The highest BCUT2D eigenvalue weighted by atomic mass is 16.6. The molecular weight excluding hydrogens is 370 g/mol. The second-order valence-electron chi connectivity index (χ2n) is 7.20. The summed E-state index contributed by atoms with van der Waals surface area (Å²) in [6.45, 7) is 5.04. The Hall–Kier alpha value is -3.06. The van der Waals surface area contributed by atoms with E-state index in [1.165, 1.54) is 0 Å². The van der Waals surface area contributed by atoms with E-state index in [4.69, 9.17) is 9.47 Å². The van der Waals surface area contributed by atoms with Crippen molar-refractivity contribution in [1.82, 2.24) is 5.32 Å². The van der Waals surface area contributed by atoms with Crippen LogP contribution in [0.5, 0.6) is 11.5 Å². The van der Waals surface area contributed by atoms with Crippen LogP contribution in [-0.2, 0) is 16.1 Å². The Morgan fingerprint density at radius 1 is 1.14 bits per heavy atom. The molecule has 0 aromatic heterocycles. The number of carbonyl (C=O) groups is 2. The summed E-state index contributed by atoms with van der Waals surface area (Å²) in [5.74, 6) is 0.709. The molecule has 2 aliphatic heterocycles. The number of fused-ring (bicyclic) bond motifs is 1. The van der Waals surface area contributed by atoms with Gasteiger partial charge in [-0.15, -0.1) is 0 Å². The summed E-state index contributed by atoms with van der Waals surface area (Å²) < 4.78 is 11.1. The molecule has 0 saturated carbocycles. The van der Waals surface area contributed by atoms with Crippen molar-refractivity contribution in [3.05, 3.63) is 48.0 Å². The maximum atomic E-state index is 12.7. The lowest BCUT2D eigenvalue weighted by Gasteiger charge is -2.22. The van der Waals surface area contributed by atoms with Gasteiger partial charge in [0.05, 0.1) is 5.92 Å². The third kappa shape index (κ3) is 4.35. The number of nitrogens with zero attached hydrogens (tertiary/aromatic N) is 1. The van der Waals surface area contributed by atoms with Crippen molar-refractivity contribution in [3.8, 4) is 11.5 Å². The summed E-state index contributed by atoms with van der Waals surface area (Å²) in [5, 5.41) is 6.22. The molecule has 0 aliphatic carbocycles. The van der Waals surface area contributed by atoms with Crippen LogP contribution in [0.1, 0.15) is 18.9 Å². The van der Waals surface area contributed by atoms with Crippen molar-refractivity contribution in [3.63, 3.8) is 0 Å². The number of hydrogen-bond acceptors (Lipinski definition) is 5. The molecule has 2 heterocycles. The van der Waals surface area contributed by atoms with Gasteiger partial charge in [0.15, 0.2) is 11.5 Å². The van der Waals surface area contributed by atoms with Crippen LogP contribution in [0.4, 0.5) is 11.4 Å². The van der Waals surface area contributed by atoms with Gasteiger partial charge in [0.25, 0.3) is 0 Å². The number of rotatable bonds is 6. The van der Waals surface area contributed by atoms with Gasteiger partial charge in [-0.1, -0.05) is 19.1 Å². The van der Waals surface area contributed by atoms with E-state index in [2.05, 4.69) is 17.6 Å². The topological polar surface area (TPSA) is 79.9 Å². The Kier molecular flexibility index (Phi) is 5.67. The van der Waals surface area contributed by atoms with Crippen LogP contribution in [0, 0.1) is 5.92 Å². The average molecular weight is 395 g/mol. The molecule has 1 saturated heterocycles. The Labute approximate surface area is 170 Å². The van der Waals surface area contributed by atoms with E-state index in [9.17, 15) is 9.59 Å². The van der Waals surface area contributed by atoms with E-state index < -0.39 is 5.92 Å². The second-order valence-corrected chi connectivity index (χ2v) is 7.20. The molecule has 152 valence electrons. The number of hydrogen-bond donors (Lipinski definition) is 2. The molecule has 0 spiro atoms. The zero-order valence-corrected chi connectivity index (χ0v) is 16.4. The standard InChI is InChI=1S/C22H25N3O4/c1-2-23-13-15-4-3-5-17(10-15)24-22(27)16-11-21(26)25(14-16)18-6-7-19-20(12-18)29-9-8-28-19/h3-7,10,12,16,23H,2,8-9,11,13-14H2,1H3,(H,24,27). The summed E-state index contributed by atoms with van der Waals surface area (Å²) in [7, 11) is 0. The van der Waals surface area contributed by atoms with Crippen molar-refractivity contribution in [1.29, 1.82) is 0 Å². The summed E-state index contributed by atoms with van der Waals surface area (Å²) in [6, 6.07) is 13.2. The number of anilines is 2. The van der Waals surface area contributed by atoms with Crippen LogP contribution in [0.25, 0.3) is 0 Å². The molecule has 7 nitrogen and oxygen atoms in total. The largest absolute Gasteiger partial charge is 0.486 e. The third-order valence-electron chi connectivity index (χ3n) is 5.11. The predicted molar refractivity (Wildman–Crippen MR) is 110 cm³/mol. The van der Waals surface area contributed by atoms with Gasteiger partial charge >= 0.3 is 0 Å². The van der Waals surface area contributed by atoms with Crippen LogP contribution in [-0.4, -0.2) is 38.1 Å². The molecule has 29 heavy (non-hydrogen) atoms. The predicted octanol–water partition coefficient (Wildman–Crippen LogP) is 2.56. The molecule has 1 unspecified atom stereocenters. The normalized spacial score (nSPS) is 18.0. The number of amides is 2. The zero-order valence-electron chi connectivity index (χ0n) is 16.4. The second kappa shape index (κ2) is 8.53. The fourth-order valence-corrected chi connectivity index (χ4v) is 3.61. The van der Waals surface area contributed by atoms with Crippen LogP contribution in [0.15, 0.2) is 42.5 Å². The number of carbonyl (C=O) groups excluding carboxylic acids is 2. The molecular formula is C22H25N3O4. The highest BCUT2D eigenvalue weighted by Gasteiger charge is 2.35. The molecule has 2 aliphatic rings. The first-order valence-corrected chi connectivity index (χ1v) is 9.94. The van der Waals surface area contributed by atoms with Crippen LogP contribution >= 0.6 is 0 Å². The molecule has 4 rings (SSSR count). The highest BCUT2D eigenvalue weighted by Crippen LogP contribution is 2.36. The van der Waals surface area contributed by atoms with Crippen molar-refractivity contribution in [2.24, 2.45) is 5.92 Å². The van der Waals surface area contributed by atoms with Crippen molar-refractivity contribution < 1.29 is 19.1 Å². The van der Waals surface area contributed by atoms with Gasteiger partial charge in [-0.2, -0.15) is 0 Å². The monoisotopic (exact) mass is 395 g/mol. The van der Waals surface area contributed by atoms with Gasteiger partial charge in [0, 0.05) is 37.0 Å². The quantitative estimate of drug-likeness (QED) is 0.786. The van der Waals surface area contributed by atoms with Gasteiger partial charge in [-0.05, 0) is 36.4 Å². The van der Waals surface area contributed by atoms with Crippen molar-refractivity contribution in [2.75, 3.05) is 36.5 Å². The van der Waals surface area contributed by atoms with Crippen LogP contribution < -0.4 is 25.0 Å². The summed E-state index contributed by atoms with van der Waals surface area (Å²) in [4.78, 5) is 26.9. The Morgan fingerprint density at radius 3 is 2.79 bits per heavy atom. The lowest BCUT2D eigenvalue weighted by molar-refractivity contribution is -0.122. The minimum atomic E-state index is -0.395. The van der Waals surface area contributed by atoms with Crippen molar-refractivity contribution >= 4 is 23.2 Å². The lowest BCUT2D eigenvalue weighted by atomic mass is 10.1. The molecule has 2 amide bonds. The minimum Gasteiger partial charge on any atom is -0.486 e. The highest BCUT2D eigenvalue weighted by molar-refractivity contribution is 6.03. The van der Waals surface area contributed by atoms with E-state index in [1.54, 1.807) is 17.0 Å². The first-order chi connectivity index (χ1) is 14.1. The van der Waals surface area contributed by atoms with Gasteiger partial charge < -0.3 is 25.0 Å². The van der Waals surface area contributed by atoms with E-state index >= 15 is 0 Å². The third-order valence-corrected chi connectivity index (χ3v) is 5.11. The smallest absolute Gasteiger partial charge is 0.229 e. The van der Waals surface area contributed by atoms with Crippen molar-refractivity contribution in [2.45, 2.75) is 19.9 Å². The number of ether oxygens (including phenoxy) is 2. The summed E-state index contributed by atoms with van der Waals surface area (Å²) in [6.07, 6.45) is 0.192. The Bertz CT molecular complexity index is 915. The fraction of sp³-hybridized carbons (Fsp3) is 0.364. The first kappa shape index (κ1) is 19.3. The summed E-state index contributed by atoms with van der Waals surface area (Å²) >= 11 is 0. The number of nitrogens with one attached hydrogen (secondary N) is 2. The fourth-order valence-electron chi connectivity index (χ4n) is 3.61. The van der Waals surface area contributed by atoms with Gasteiger partial charge in [0.2, 0.25) is 11.8 Å². The molecule has 7 heteroatoms. The minimum absolute atomic E-state index is 0.0669. The maximum Gasteiger partial charge on any atom is 0.229 e. The molecule has 2 aromatic rings. The van der Waals surface area contributed by atoms with Gasteiger partial charge in [-0.25, -0.2) is 0 Å². The van der Waals surface area contributed by atoms with E-state index in [-0.39, 0.29) is 18.2 Å². The maximum absolute atomic E-state index is 12.7. The Balaban J connectivity index is 1.42. The Morgan fingerprint density at radius 2 is 1.97 bits per heavy atom. The molecule has 2 N–H and O–H groups in total. The zero-order chi connectivity index (χ0) is 20.2. The van der Waals surface area contributed by atoms with Crippen LogP contribution in [0.3, 0.4) is 0 Å². The lowest BCUT2D eigenvalue weighted by Crippen LogP contribution is -2.28. The van der Waals surface area contributed by atoms with Crippen LogP contribution in [0.2, 0.25) is 0 Å². The van der Waals surface area contributed by atoms with E-state index in [0.717, 1.165) is 30.0 Å². The molecule has 1 atom stereocenters. The van der Waals surface area contributed by atoms with Gasteiger partial charge in [0.1, 0.15) is 13.2 Å². The molecule has 2 aromatic carbocycles. The van der Waals surface area contributed by atoms with Gasteiger partial charge in [-0.3, -0.25) is 9.59 Å².